The van der Waals surface area contributed by atoms with Gasteiger partial charge in [0.15, 0.2) is 16.9 Å². The van der Waals surface area contributed by atoms with Crippen LogP contribution in [0.1, 0.15) is 18.9 Å². The van der Waals surface area contributed by atoms with Crippen LogP contribution in [0.3, 0.4) is 0 Å². The van der Waals surface area contributed by atoms with Gasteiger partial charge in [-0.1, -0.05) is 29.1 Å². The summed E-state index contributed by atoms with van der Waals surface area (Å²) in [5, 5.41) is 8.66. The number of rotatable bonds is 8. The molecule has 3 aromatic rings. The van der Waals surface area contributed by atoms with E-state index in [1.54, 1.807) is 23.7 Å². The minimum atomic E-state index is -0.541. The van der Waals surface area contributed by atoms with Gasteiger partial charge in [-0.25, -0.2) is 19.0 Å². The number of ketones is 1. The SMILES string of the molecule is CCOC(=O)CC(=O)CSc1ncnc2c1nnn2Cc1ccc(F)cc1. The van der Waals surface area contributed by atoms with Gasteiger partial charge in [-0.15, -0.1) is 5.10 Å². The monoisotopic (exact) mass is 389 g/mol. The van der Waals surface area contributed by atoms with E-state index in [1.165, 1.54) is 30.2 Å². The van der Waals surface area contributed by atoms with Crippen LogP contribution in [0.4, 0.5) is 4.39 Å². The lowest BCUT2D eigenvalue weighted by molar-refractivity contribution is -0.145. The summed E-state index contributed by atoms with van der Waals surface area (Å²) >= 11 is 1.17. The highest BCUT2D eigenvalue weighted by molar-refractivity contribution is 8.00. The van der Waals surface area contributed by atoms with Crippen molar-refractivity contribution < 1.29 is 18.7 Å². The molecule has 0 saturated heterocycles. The van der Waals surface area contributed by atoms with Crippen LogP contribution in [0.15, 0.2) is 35.6 Å². The summed E-state index contributed by atoms with van der Waals surface area (Å²) in [5.41, 5.74) is 1.82. The molecule has 1 aromatic carbocycles. The smallest absolute Gasteiger partial charge is 0.313 e. The van der Waals surface area contributed by atoms with E-state index in [1.807, 2.05) is 0 Å². The van der Waals surface area contributed by atoms with Gasteiger partial charge in [-0.3, -0.25) is 9.59 Å². The Morgan fingerprint density at radius 3 is 2.74 bits per heavy atom. The predicted molar refractivity (Wildman–Crippen MR) is 95.6 cm³/mol. The van der Waals surface area contributed by atoms with E-state index in [0.29, 0.717) is 22.7 Å². The third-order valence-electron chi connectivity index (χ3n) is 3.53. The third-order valence-corrected chi connectivity index (χ3v) is 4.57. The first-order valence-corrected chi connectivity index (χ1v) is 9.14. The van der Waals surface area contributed by atoms with Gasteiger partial charge in [0.05, 0.1) is 18.9 Å². The maximum absolute atomic E-state index is 13.0. The van der Waals surface area contributed by atoms with Gasteiger partial charge in [-0.05, 0) is 24.6 Å². The quantitative estimate of drug-likeness (QED) is 0.250. The highest BCUT2D eigenvalue weighted by Crippen LogP contribution is 2.23. The first-order chi connectivity index (χ1) is 13.1. The third kappa shape index (κ3) is 4.85. The Morgan fingerprint density at radius 1 is 1.22 bits per heavy atom. The first-order valence-electron chi connectivity index (χ1n) is 8.15. The van der Waals surface area contributed by atoms with Gasteiger partial charge in [0, 0.05) is 0 Å². The normalized spacial score (nSPS) is 10.9. The van der Waals surface area contributed by atoms with Crippen LogP contribution in [0, 0.1) is 5.82 Å². The van der Waals surface area contributed by atoms with Crippen molar-refractivity contribution in [1.29, 1.82) is 0 Å². The van der Waals surface area contributed by atoms with Gasteiger partial charge in [0.25, 0.3) is 0 Å². The number of carbonyl (C=O) groups excluding carboxylic acids is 2. The number of fused-ring (bicyclic) bond motifs is 1. The molecular formula is C17H16FN5O3S. The second-order valence-electron chi connectivity index (χ2n) is 5.53. The summed E-state index contributed by atoms with van der Waals surface area (Å²) in [6.45, 7) is 2.30. The number of aromatic nitrogens is 5. The summed E-state index contributed by atoms with van der Waals surface area (Å²) in [5.74, 6) is -1.05. The number of Topliss-reactive ketones (excluding diaryl/α,β-unsaturated/α-hetero) is 1. The second kappa shape index (κ2) is 8.67. The molecule has 0 unspecified atom stereocenters. The van der Waals surface area contributed by atoms with Crippen LogP contribution in [0.2, 0.25) is 0 Å². The summed E-state index contributed by atoms with van der Waals surface area (Å²) in [4.78, 5) is 31.6. The van der Waals surface area contributed by atoms with Gasteiger partial charge in [0.1, 0.15) is 23.6 Å². The number of ether oxygens (including phenoxy) is 1. The summed E-state index contributed by atoms with van der Waals surface area (Å²) < 4.78 is 19.4. The summed E-state index contributed by atoms with van der Waals surface area (Å²) in [6.07, 6.45) is 1.09. The average Bonchev–Trinajstić information content (AvgIpc) is 3.05. The number of hydrogen-bond donors (Lipinski definition) is 0. The fraction of sp³-hybridized carbons (Fsp3) is 0.294. The van der Waals surface area contributed by atoms with E-state index < -0.39 is 5.97 Å². The molecule has 0 aliphatic heterocycles. The lowest BCUT2D eigenvalue weighted by Crippen LogP contribution is -2.12. The average molecular weight is 389 g/mol. The number of esters is 1. The van der Waals surface area contributed by atoms with E-state index in [-0.39, 0.29) is 30.4 Å². The van der Waals surface area contributed by atoms with Crippen molar-refractivity contribution in [2.45, 2.75) is 24.9 Å². The molecule has 27 heavy (non-hydrogen) atoms. The number of carbonyl (C=O) groups is 2. The van der Waals surface area contributed by atoms with E-state index in [9.17, 15) is 14.0 Å². The molecule has 0 amide bonds. The van der Waals surface area contributed by atoms with Crippen LogP contribution in [-0.2, 0) is 20.9 Å². The lowest BCUT2D eigenvalue weighted by atomic mass is 10.2. The van der Waals surface area contributed by atoms with E-state index in [4.69, 9.17) is 4.74 Å². The predicted octanol–water partition coefficient (Wildman–Crippen LogP) is 2.02. The fourth-order valence-electron chi connectivity index (χ4n) is 2.32. The molecule has 0 saturated carbocycles. The zero-order chi connectivity index (χ0) is 19.2. The molecule has 140 valence electrons. The molecule has 0 N–H and O–H groups in total. The number of hydrogen-bond acceptors (Lipinski definition) is 8. The molecule has 3 rings (SSSR count). The van der Waals surface area contributed by atoms with Crippen molar-refractivity contribution in [2.75, 3.05) is 12.4 Å². The molecule has 0 atom stereocenters. The lowest BCUT2D eigenvalue weighted by Gasteiger charge is -2.03. The Hall–Kier alpha value is -2.88. The van der Waals surface area contributed by atoms with Crippen molar-refractivity contribution in [3.63, 3.8) is 0 Å². The van der Waals surface area contributed by atoms with Crippen LogP contribution in [0.25, 0.3) is 11.2 Å². The Morgan fingerprint density at radius 2 is 2.00 bits per heavy atom. The molecule has 0 spiro atoms. The minimum absolute atomic E-state index is 0.0652. The Bertz CT molecular complexity index is 961. The molecule has 2 aromatic heterocycles. The first kappa shape index (κ1) is 18.9. The standard InChI is InChI=1S/C17H16FN5O3S/c1-2-26-14(25)7-13(24)9-27-17-15-16(19-10-20-17)23(22-21-15)8-11-3-5-12(18)6-4-11/h3-6,10H,2,7-9H2,1H3. The van der Waals surface area contributed by atoms with Gasteiger partial charge >= 0.3 is 5.97 Å². The van der Waals surface area contributed by atoms with Crippen molar-refractivity contribution >= 4 is 34.7 Å². The molecule has 2 heterocycles. The van der Waals surface area contributed by atoms with E-state index in [2.05, 4.69) is 20.3 Å². The number of thioether (sulfide) groups is 1. The Labute approximate surface area is 158 Å². The molecule has 0 fully saturated rings. The molecule has 10 heteroatoms. The maximum atomic E-state index is 13.0. The molecule has 0 radical (unpaired) electrons. The zero-order valence-electron chi connectivity index (χ0n) is 14.5. The molecule has 0 bridgehead atoms. The zero-order valence-corrected chi connectivity index (χ0v) is 15.3. The van der Waals surface area contributed by atoms with Gasteiger partial charge < -0.3 is 4.74 Å². The van der Waals surface area contributed by atoms with Crippen LogP contribution >= 0.6 is 11.8 Å². The molecule has 0 aliphatic rings. The Balaban J connectivity index is 1.70. The maximum Gasteiger partial charge on any atom is 0.313 e. The van der Waals surface area contributed by atoms with Crippen molar-refractivity contribution in [3.8, 4) is 0 Å². The van der Waals surface area contributed by atoms with E-state index in [0.717, 1.165) is 5.56 Å². The highest BCUT2D eigenvalue weighted by atomic mass is 32.2. The fourth-order valence-corrected chi connectivity index (χ4v) is 3.11. The molecular weight excluding hydrogens is 373 g/mol. The molecule has 0 aliphatic carbocycles. The van der Waals surface area contributed by atoms with Crippen molar-refractivity contribution in [3.05, 3.63) is 42.0 Å². The van der Waals surface area contributed by atoms with Gasteiger partial charge in [-0.2, -0.15) is 0 Å². The highest BCUT2D eigenvalue weighted by Gasteiger charge is 2.16. The number of halogens is 1. The molecule has 8 nitrogen and oxygen atoms in total. The number of benzene rings is 1. The van der Waals surface area contributed by atoms with Crippen LogP contribution in [0.5, 0.6) is 0 Å². The second-order valence-corrected chi connectivity index (χ2v) is 6.50. The van der Waals surface area contributed by atoms with Crippen LogP contribution in [-0.4, -0.2) is 49.1 Å². The van der Waals surface area contributed by atoms with Gasteiger partial charge in [0.2, 0.25) is 0 Å². The number of nitrogens with zero attached hydrogens (tertiary/aromatic N) is 5. The van der Waals surface area contributed by atoms with Crippen LogP contribution < -0.4 is 0 Å². The topological polar surface area (TPSA) is 99.9 Å². The van der Waals surface area contributed by atoms with E-state index >= 15 is 0 Å². The summed E-state index contributed by atoms with van der Waals surface area (Å²) in [7, 11) is 0. The largest absolute Gasteiger partial charge is 0.466 e. The van der Waals surface area contributed by atoms with Crippen molar-refractivity contribution in [1.82, 2.24) is 25.0 Å². The Kier molecular flexibility index (Phi) is 6.07. The summed E-state index contributed by atoms with van der Waals surface area (Å²) in [6, 6.07) is 6.07. The minimum Gasteiger partial charge on any atom is -0.466 e. The van der Waals surface area contributed by atoms with Crippen molar-refractivity contribution in [2.24, 2.45) is 0 Å².